The molecule has 2 aromatic carbocycles. The smallest absolute Gasteiger partial charge is 0.315 e. The van der Waals surface area contributed by atoms with Crippen LogP contribution in [0.3, 0.4) is 0 Å². The van der Waals surface area contributed by atoms with Crippen molar-refractivity contribution in [1.29, 1.82) is 0 Å². The first kappa shape index (κ1) is 18.7. The molecule has 1 aliphatic heterocycles. The van der Waals surface area contributed by atoms with Crippen molar-refractivity contribution in [2.75, 3.05) is 19.6 Å². The van der Waals surface area contributed by atoms with Gasteiger partial charge in [0.15, 0.2) is 0 Å². The lowest BCUT2D eigenvalue weighted by molar-refractivity contribution is 0.186. The maximum Gasteiger partial charge on any atom is 0.315 e. The van der Waals surface area contributed by atoms with E-state index in [4.69, 9.17) is 11.6 Å². The Kier molecular flexibility index (Phi) is 6.92. The van der Waals surface area contributed by atoms with E-state index in [-0.39, 0.29) is 12.1 Å². The number of carbonyl (C=O) groups is 1. The van der Waals surface area contributed by atoms with Gasteiger partial charge in [-0.05, 0) is 42.5 Å². The molecule has 1 fully saturated rings. The van der Waals surface area contributed by atoms with E-state index in [1.165, 1.54) is 5.56 Å². The summed E-state index contributed by atoms with van der Waals surface area (Å²) < 4.78 is 0. The molecule has 0 atom stereocenters. The van der Waals surface area contributed by atoms with Crippen LogP contribution in [0.4, 0.5) is 4.79 Å². The summed E-state index contributed by atoms with van der Waals surface area (Å²) in [6.07, 6.45) is 2.77. The number of amides is 2. The number of benzene rings is 2. The Labute approximate surface area is 160 Å². The van der Waals surface area contributed by atoms with Crippen molar-refractivity contribution in [2.24, 2.45) is 0 Å². The van der Waals surface area contributed by atoms with Crippen LogP contribution in [-0.2, 0) is 13.0 Å². The number of hydrogen-bond donors (Lipinski definition) is 2. The zero-order valence-electron chi connectivity index (χ0n) is 15.0. The molecule has 3 rings (SSSR count). The molecule has 2 N–H and O–H groups in total. The van der Waals surface area contributed by atoms with Crippen molar-refractivity contribution in [3.8, 4) is 0 Å². The fraction of sp³-hybridized carbons (Fsp3) is 0.381. The van der Waals surface area contributed by atoms with Crippen LogP contribution in [0.15, 0.2) is 54.6 Å². The molecule has 26 heavy (non-hydrogen) atoms. The molecule has 0 aliphatic carbocycles. The number of halogens is 1. The number of rotatable bonds is 6. The fourth-order valence-electron chi connectivity index (χ4n) is 3.33. The fourth-order valence-corrected chi connectivity index (χ4v) is 3.54. The number of carbonyl (C=O) groups excluding carboxylic acids is 1. The van der Waals surface area contributed by atoms with Crippen molar-refractivity contribution in [3.63, 3.8) is 0 Å². The Morgan fingerprint density at radius 1 is 1.04 bits per heavy atom. The van der Waals surface area contributed by atoms with Gasteiger partial charge in [-0.3, -0.25) is 4.90 Å². The highest BCUT2D eigenvalue weighted by atomic mass is 35.5. The van der Waals surface area contributed by atoms with Gasteiger partial charge in [0.05, 0.1) is 0 Å². The molecular weight excluding hydrogens is 346 g/mol. The molecule has 1 aliphatic rings. The van der Waals surface area contributed by atoms with Gasteiger partial charge in [-0.25, -0.2) is 4.79 Å². The average molecular weight is 372 g/mol. The topological polar surface area (TPSA) is 44.4 Å². The van der Waals surface area contributed by atoms with Crippen molar-refractivity contribution in [3.05, 3.63) is 70.7 Å². The molecule has 0 bridgehead atoms. The predicted octanol–water partition coefficient (Wildman–Crippen LogP) is 3.85. The van der Waals surface area contributed by atoms with Crippen LogP contribution >= 0.6 is 11.6 Å². The minimum Gasteiger partial charge on any atom is -0.338 e. The third kappa shape index (κ3) is 6.04. The van der Waals surface area contributed by atoms with Crippen LogP contribution in [0.2, 0.25) is 5.02 Å². The zero-order valence-corrected chi connectivity index (χ0v) is 15.7. The summed E-state index contributed by atoms with van der Waals surface area (Å²) in [7, 11) is 0. The lowest BCUT2D eigenvalue weighted by Gasteiger charge is -2.32. The van der Waals surface area contributed by atoms with Gasteiger partial charge in [-0.1, -0.05) is 54.1 Å². The van der Waals surface area contributed by atoms with Crippen LogP contribution < -0.4 is 10.6 Å². The Morgan fingerprint density at radius 3 is 2.50 bits per heavy atom. The number of nitrogens with one attached hydrogen (secondary N) is 2. The lowest BCUT2D eigenvalue weighted by Crippen LogP contribution is -2.48. The molecule has 0 saturated carbocycles. The quantitative estimate of drug-likeness (QED) is 0.810. The van der Waals surface area contributed by atoms with E-state index >= 15 is 0 Å². The maximum atomic E-state index is 12.1. The first-order valence-corrected chi connectivity index (χ1v) is 9.62. The second-order valence-electron chi connectivity index (χ2n) is 6.82. The van der Waals surface area contributed by atoms with Crippen LogP contribution in [0.1, 0.15) is 24.0 Å². The summed E-state index contributed by atoms with van der Waals surface area (Å²) in [4.78, 5) is 14.5. The number of urea groups is 1. The zero-order chi connectivity index (χ0) is 18.2. The summed E-state index contributed by atoms with van der Waals surface area (Å²) in [6, 6.07) is 18.5. The third-order valence-electron chi connectivity index (χ3n) is 4.76. The van der Waals surface area contributed by atoms with E-state index in [0.717, 1.165) is 49.5 Å². The number of hydrogen-bond acceptors (Lipinski definition) is 2. The highest BCUT2D eigenvalue weighted by Gasteiger charge is 2.20. The monoisotopic (exact) mass is 371 g/mol. The summed E-state index contributed by atoms with van der Waals surface area (Å²) >= 11 is 5.97. The molecule has 0 aromatic heterocycles. The summed E-state index contributed by atoms with van der Waals surface area (Å²) in [6.45, 7) is 3.63. The SMILES string of the molecule is O=C(NCCc1cccc(Cl)c1)NC1CCN(Cc2ccccc2)CC1. The molecule has 5 heteroatoms. The van der Waals surface area contributed by atoms with Gasteiger partial charge in [0, 0.05) is 37.2 Å². The molecule has 0 radical (unpaired) electrons. The first-order chi connectivity index (χ1) is 12.7. The minimum atomic E-state index is -0.0754. The molecule has 2 aromatic rings. The van der Waals surface area contributed by atoms with E-state index in [2.05, 4.69) is 39.8 Å². The van der Waals surface area contributed by atoms with Crippen molar-refractivity contribution in [1.82, 2.24) is 15.5 Å². The van der Waals surface area contributed by atoms with Crippen molar-refractivity contribution < 1.29 is 4.79 Å². The molecule has 0 unspecified atom stereocenters. The molecular formula is C21H26ClN3O. The standard InChI is InChI=1S/C21H26ClN3O/c22-19-8-4-7-17(15-19)9-12-23-21(26)24-20-10-13-25(14-11-20)16-18-5-2-1-3-6-18/h1-8,15,20H,9-14,16H2,(H2,23,24,26). The van der Waals surface area contributed by atoms with E-state index in [1.54, 1.807) is 0 Å². The van der Waals surface area contributed by atoms with Crippen LogP contribution in [0.25, 0.3) is 0 Å². The molecule has 4 nitrogen and oxygen atoms in total. The van der Waals surface area contributed by atoms with Crippen molar-refractivity contribution in [2.45, 2.75) is 31.8 Å². The van der Waals surface area contributed by atoms with Gasteiger partial charge >= 0.3 is 6.03 Å². The molecule has 1 heterocycles. The van der Waals surface area contributed by atoms with Crippen molar-refractivity contribution >= 4 is 17.6 Å². The average Bonchev–Trinajstić information content (AvgIpc) is 2.64. The van der Waals surface area contributed by atoms with Gasteiger partial charge in [0.25, 0.3) is 0 Å². The second-order valence-corrected chi connectivity index (χ2v) is 7.25. The Hall–Kier alpha value is -2.04. The number of likely N-dealkylation sites (tertiary alicyclic amines) is 1. The second kappa shape index (κ2) is 9.60. The van der Waals surface area contributed by atoms with Gasteiger partial charge in [-0.15, -0.1) is 0 Å². The Bertz CT molecular complexity index is 699. The summed E-state index contributed by atoms with van der Waals surface area (Å²) in [5, 5.41) is 6.77. The van der Waals surface area contributed by atoms with Crippen LogP contribution in [0.5, 0.6) is 0 Å². The molecule has 138 valence electrons. The third-order valence-corrected chi connectivity index (χ3v) is 5.00. The molecule has 1 saturated heterocycles. The number of piperidine rings is 1. The highest BCUT2D eigenvalue weighted by molar-refractivity contribution is 6.30. The Morgan fingerprint density at radius 2 is 1.77 bits per heavy atom. The Balaban J connectivity index is 1.33. The first-order valence-electron chi connectivity index (χ1n) is 9.24. The predicted molar refractivity (Wildman–Crippen MR) is 106 cm³/mol. The van der Waals surface area contributed by atoms with Gasteiger partial charge in [-0.2, -0.15) is 0 Å². The van der Waals surface area contributed by atoms with Gasteiger partial charge < -0.3 is 10.6 Å². The largest absolute Gasteiger partial charge is 0.338 e. The van der Waals surface area contributed by atoms with E-state index in [0.29, 0.717) is 6.54 Å². The summed E-state index contributed by atoms with van der Waals surface area (Å²) in [5.41, 5.74) is 2.48. The molecule has 2 amide bonds. The minimum absolute atomic E-state index is 0.0754. The van der Waals surface area contributed by atoms with E-state index < -0.39 is 0 Å². The van der Waals surface area contributed by atoms with Gasteiger partial charge in [0.1, 0.15) is 0 Å². The maximum absolute atomic E-state index is 12.1. The number of nitrogens with zero attached hydrogens (tertiary/aromatic N) is 1. The summed E-state index contributed by atoms with van der Waals surface area (Å²) in [5.74, 6) is 0. The normalized spacial score (nSPS) is 15.6. The highest BCUT2D eigenvalue weighted by Crippen LogP contribution is 2.14. The van der Waals surface area contributed by atoms with E-state index in [1.807, 2.05) is 30.3 Å². The lowest BCUT2D eigenvalue weighted by atomic mass is 10.0. The van der Waals surface area contributed by atoms with Gasteiger partial charge in [0.2, 0.25) is 0 Å². The molecule has 0 spiro atoms. The van der Waals surface area contributed by atoms with Crippen LogP contribution in [-0.4, -0.2) is 36.6 Å². The van der Waals surface area contributed by atoms with E-state index in [9.17, 15) is 4.79 Å². The van der Waals surface area contributed by atoms with Crippen LogP contribution in [0, 0.1) is 0 Å².